The molecule has 0 amide bonds. The molecule has 0 saturated heterocycles. The van der Waals surface area contributed by atoms with Crippen molar-refractivity contribution in [2.75, 3.05) is 7.11 Å². The van der Waals surface area contributed by atoms with Gasteiger partial charge in [-0.25, -0.2) is 0 Å². The summed E-state index contributed by atoms with van der Waals surface area (Å²) in [6.45, 7) is 7.92. The second-order valence-corrected chi connectivity index (χ2v) is 6.94. The summed E-state index contributed by atoms with van der Waals surface area (Å²) in [7, 11) is 1.59. The zero-order valence-electron chi connectivity index (χ0n) is 14.9. The number of hydrogen-bond acceptors (Lipinski definition) is 4. The largest absolute Gasteiger partial charge is 0.507 e. The number of ether oxygens (including phenoxy) is 1. The van der Waals surface area contributed by atoms with Crippen LogP contribution in [0.3, 0.4) is 0 Å². The number of methoxy groups -OCH3 is 1. The molecule has 0 saturated carbocycles. The Kier molecular flexibility index (Phi) is 6.27. The van der Waals surface area contributed by atoms with Gasteiger partial charge < -0.3 is 14.9 Å². The van der Waals surface area contributed by atoms with Gasteiger partial charge in [-0.1, -0.05) is 19.1 Å². The van der Waals surface area contributed by atoms with Crippen LogP contribution in [0.5, 0.6) is 17.2 Å². The number of rotatable bonds is 6. The van der Waals surface area contributed by atoms with Gasteiger partial charge in [-0.2, -0.15) is 0 Å². The van der Waals surface area contributed by atoms with Gasteiger partial charge in [0.15, 0.2) is 5.78 Å². The van der Waals surface area contributed by atoms with Crippen LogP contribution in [0, 0.1) is 0 Å². The number of allylic oxidation sites excluding steroid dienone is 2. The summed E-state index contributed by atoms with van der Waals surface area (Å²) in [4.78, 5) is 12.5. The molecule has 0 aliphatic heterocycles. The number of phenolic OH excluding ortho intramolecular Hbond substituents is 2. The van der Waals surface area contributed by atoms with Crippen LogP contribution in [0.1, 0.15) is 41.3 Å². The van der Waals surface area contributed by atoms with E-state index in [2.05, 4.69) is 22.5 Å². The van der Waals surface area contributed by atoms with Crippen molar-refractivity contribution in [3.63, 3.8) is 0 Å². The molecule has 0 aromatic heterocycles. The predicted molar refractivity (Wildman–Crippen MR) is 107 cm³/mol. The van der Waals surface area contributed by atoms with Gasteiger partial charge in [-0.15, -0.1) is 0 Å². The summed E-state index contributed by atoms with van der Waals surface area (Å²) in [6.07, 6.45) is 2.89. The number of phenols is 2. The Balaban J connectivity index is 2.34. The number of benzene rings is 2. The first kappa shape index (κ1) is 19.8. The van der Waals surface area contributed by atoms with Crippen LogP contribution in [0.2, 0.25) is 0 Å². The Morgan fingerprint density at radius 3 is 2.54 bits per heavy atom. The Morgan fingerprint density at radius 2 is 1.92 bits per heavy atom. The van der Waals surface area contributed by atoms with E-state index in [-0.39, 0.29) is 23.2 Å². The third kappa shape index (κ3) is 4.35. The van der Waals surface area contributed by atoms with Crippen LogP contribution in [-0.4, -0.2) is 23.1 Å². The van der Waals surface area contributed by atoms with E-state index in [1.807, 2.05) is 13.8 Å². The summed E-state index contributed by atoms with van der Waals surface area (Å²) in [6, 6.07) is 8.03. The molecule has 1 atom stereocenters. The Labute approximate surface area is 161 Å². The highest BCUT2D eigenvalue weighted by Crippen LogP contribution is 2.33. The lowest BCUT2D eigenvalue weighted by atomic mass is 9.92. The van der Waals surface area contributed by atoms with E-state index in [0.29, 0.717) is 21.3 Å². The number of carbonyl (C=O) groups is 1. The first-order chi connectivity index (χ1) is 12.2. The SMILES string of the molecule is C=C(C)C(C)c1cc(C(=O)/C=C/c2cc(Br)c(O)cc2O)ccc1OC. The normalized spacial score (nSPS) is 12.2. The van der Waals surface area contributed by atoms with E-state index in [9.17, 15) is 15.0 Å². The molecule has 0 heterocycles. The van der Waals surface area contributed by atoms with Crippen molar-refractivity contribution in [1.82, 2.24) is 0 Å². The second kappa shape index (κ2) is 8.23. The van der Waals surface area contributed by atoms with E-state index in [1.54, 1.807) is 25.3 Å². The quantitative estimate of drug-likeness (QED) is 0.373. The summed E-state index contributed by atoms with van der Waals surface area (Å²) >= 11 is 3.18. The van der Waals surface area contributed by atoms with Crippen LogP contribution in [0.4, 0.5) is 0 Å². The highest BCUT2D eigenvalue weighted by Gasteiger charge is 2.15. The Hall–Kier alpha value is -2.53. The molecular formula is C21H21BrO4. The molecule has 2 aromatic rings. The highest BCUT2D eigenvalue weighted by molar-refractivity contribution is 9.10. The zero-order valence-corrected chi connectivity index (χ0v) is 16.5. The maximum atomic E-state index is 12.5. The summed E-state index contributed by atoms with van der Waals surface area (Å²) < 4.78 is 5.82. The fourth-order valence-corrected chi connectivity index (χ4v) is 2.81. The molecule has 26 heavy (non-hydrogen) atoms. The molecule has 4 nitrogen and oxygen atoms in total. The van der Waals surface area contributed by atoms with Crippen LogP contribution in [0.25, 0.3) is 6.08 Å². The van der Waals surface area contributed by atoms with Gasteiger partial charge in [0, 0.05) is 28.7 Å². The molecule has 0 radical (unpaired) electrons. The third-order valence-electron chi connectivity index (χ3n) is 4.23. The molecule has 5 heteroatoms. The average Bonchev–Trinajstić information content (AvgIpc) is 2.62. The first-order valence-electron chi connectivity index (χ1n) is 8.01. The predicted octanol–water partition coefficient (Wildman–Crippen LogP) is 5.44. The van der Waals surface area contributed by atoms with Gasteiger partial charge in [0.2, 0.25) is 0 Å². The van der Waals surface area contributed by atoms with Crippen LogP contribution >= 0.6 is 15.9 Å². The van der Waals surface area contributed by atoms with Crippen molar-refractivity contribution in [2.45, 2.75) is 19.8 Å². The highest BCUT2D eigenvalue weighted by atomic mass is 79.9. The topological polar surface area (TPSA) is 66.8 Å². The Bertz CT molecular complexity index is 884. The van der Waals surface area contributed by atoms with E-state index in [1.165, 1.54) is 24.3 Å². The fourth-order valence-electron chi connectivity index (χ4n) is 2.45. The zero-order chi connectivity index (χ0) is 19.4. The van der Waals surface area contributed by atoms with Crippen LogP contribution < -0.4 is 4.74 Å². The van der Waals surface area contributed by atoms with Crippen LogP contribution in [-0.2, 0) is 0 Å². The Morgan fingerprint density at radius 1 is 1.23 bits per heavy atom. The maximum absolute atomic E-state index is 12.5. The van der Waals surface area contributed by atoms with Crippen LogP contribution in [0.15, 0.2) is 53.0 Å². The smallest absolute Gasteiger partial charge is 0.185 e. The van der Waals surface area contributed by atoms with Crippen molar-refractivity contribution in [1.29, 1.82) is 0 Å². The van der Waals surface area contributed by atoms with E-state index >= 15 is 0 Å². The second-order valence-electron chi connectivity index (χ2n) is 6.08. The molecular weight excluding hydrogens is 396 g/mol. The summed E-state index contributed by atoms with van der Waals surface area (Å²) in [5, 5.41) is 19.4. The van der Waals surface area contributed by atoms with E-state index in [4.69, 9.17) is 4.74 Å². The van der Waals surface area contributed by atoms with Crippen molar-refractivity contribution in [3.8, 4) is 17.2 Å². The molecule has 0 fully saturated rings. The van der Waals surface area contributed by atoms with Gasteiger partial charge in [0.1, 0.15) is 17.2 Å². The minimum atomic E-state index is -0.202. The molecule has 136 valence electrons. The molecule has 0 bridgehead atoms. The average molecular weight is 417 g/mol. The lowest BCUT2D eigenvalue weighted by molar-refractivity contribution is 0.104. The molecule has 0 aliphatic carbocycles. The molecule has 2 aromatic carbocycles. The molecule has 2 rings (SSSR count). The lowest BCUT2D eigenvalue weighted by Gasteiger charge is -2.16. The van der Waals surface area contributed by atoms with Gasteiger partial charge in [-0.05, 0) is 59.3 Å². The number of aromatic hydroxyl groups is 2. The number of hydrogen-bond donors (Lipinski definition) is 2. The minimum Gasteiger partial charge on any atom is -0.507 e. The number of halogens is 1. The van der Waals surface area contributed by atoms with E-state index < -0.39 is 0 Å². The summed E-state index contributed by atoms with van der Waals surface area (Å²) in [5.74, 6) is 0.381. The van der Waals surface area contributed by atoms with Gasteiger partial charge in [-0.3, -0.25) is 4.79 Å². The number of ketones is 1. The molecule has 2 N–H and O–H groups in total. The molecule has 0 aliphatic rings. The van der Waals surface area contributed by atoms with Crippen molar-refractivity contribution in [3.05, 3.63) is 69.7 Å². The van der Waals surface area contributed by atoms with Gasteiger partial charge in [0.05, 0.1) is 11.6 Å². The first-order valence-corrected chi connectivity index (χ1v) is 8.81. The maximum Gasteiger partial charge on any atom is 0.185 e. The fraction of sp³-hybridized carbons (Fsp3) is 0.190. The van der Waals surface area contributed by atoms with Gasteiger partial charge in [0.25, 0.3) is 0 Å². The lowest BCUT2D eigenvalue weighted by Crippen LogP contribution is -2.02. The third-order valence-corrected chi connectivity index (χ3v) is 4.87. The molecule has 0 spiro atoms. The van der Waals surface area contributed by atoms with Crippen molar-refractivity contribution in [2.24, 2.45) is 0 Å². The monoisotopic (exact) mass is 416 g/mol. The summed E-state index contributed by atoms with van der Waals surface area (Å²) in [5.41, 5.74) is 2.81. The standard InChI is InChI=1S/C21H21BrO4/c1-12(2)13(3)16-9-14(6-8-21(16)26-4)18(23)7-5-15-10-17(22)20(25)11-19(15)24/h5-11,13,24-25H,1H2,2-4H3/b7-5+. The molecule has 1 unspecified atom stereocenters. The van der Waals surface area contributed by atoms with Crippen molar-refractivity contribution < 1.29 is 19.7 Å². The minimum absolute atomic E-state index is 0.0544. The van der Waals surface area contributed by atoms with Gasteiger partial charge >= 0.3 is 0 Å². The number of carbonyl (C=O) groups excluding carboxylic acids is 1. The van der Waals surface area contributed by atoms with Crippen molar-refractivity contribution >= 4 is 27.8 Å². The van der Waals surface area contributed by atoms with E-state index in [0.717, 1.165) is 11.1 Å².